The molecule has 4 heterocycles. The summed E-state index contributed by atoms with van der Waals surface area (Å²) >= 11 is 0. The number of aliphatic hydroxyl groups is 1. The van der Waals surface area contributed by atoms with E-state index in [1.165, 1.54) is 48.9 Å². The Bertz CT molecular complexity index is 1070. The second kappa shape index (κ2) is 8.24. The molecule has 0 radical (unpaired) electrons. The second-order valence-corrected chi connectivity index (χ2v) is 9.26. The number of likely N-dealkylation sites (tertiary alicyclic amines) is 1. The molecular weight excluding hydrogens is 386 g/mol. The summed E-state index contributed by atoms with van der Waals surface area (Å²) in [5.41, 5.74) is 6.21. The molecule has 31 heavy (non-hydrogen) atoms. The van der Waals surface area contributed by atoms with Gasteiger partial charge in [-0.3, -0.25) is 14.6 Å². The Hall–Kier alpha value is -2.44. The third-order valence-corrected chi connectivity index (χ3v) is 7.34. The van der Waals surface area contributed by atoms with Crippen molar-refractivity contribution in [2.24, 2.45) is 0 Å². The number of aliphatic hydroxyl groups excluding tert-OH is 1. The zero-order valence-electron chi connectivity index (χ0n) is 18.7. The van der Waals surface area contributed by atoms with Crippen LogP contribution < -0.4 is 4.90 Å². The van der Waals surface area contributed by atoms with E-state index >= 15 is 0 Å². The maximum Gasteiger partial charge on any atom is 0.0726 e. The Labute approximate surface area is 184 Å². The van der Waals surface area contributed by atoms with Gasteiger partial charge in [0.15, 0.2) is 0 Å². The number of piperidine rings is 1. The van der Waals surface area contributed by atoms with Crippen molar-refractivity contribution in [1.29, 1.82) is 0 Å². The fraction of sp³-hybridized carbons (Fsp3) is 0.520. The Balaban J connectivity index is 1.33. The molecule has 0 unspecified atom stereocenters. The van der Waals surface area contributed by atoms with E-state index in [9.17, 15) is 5.11 Å². The van der Waals surface area contributed by atoms with Crippen LogP contribution in [-0.2, 0) is 13.1 Å². The maximum absolute atomic E-state index is 9.22. The number of pyridine rings is 1. The average molecular weight is 420 g/mol. The molecule has 1 aromatic carbocycles. The number of fused-ring (bicyclic) bond motifs is 1. The van der Waals surface area contributed by atoms with Crippen LogP contribution in [0.2, 0.25) is 0 Å². The van der Waals surface area contributed by atoms with Crippen LogP contribution in [0.4, 0.5) is 5.69 Å². The number of nitrogens with zero attached hydrogens (tertiary/aromatic N) is 5. The Kier molecular flexibility index (Phi) is 5.44. The fourth-order valence-corrected chi connectivity index (χ4v) is 5.66. The SMILES string of the molecule is Cc1cc(N2CCC3(CCCN3Cc3cn(CCO)nc3C)CC2)c2ccccc2n1. The Morgan fingerprint density at radius 1 is 1.06 bits per heavy atom. The maximum atomic E-state index is 9.22. The summed E-state index contributed by atoms with van der Waals surface area (Å²) in [5.74, 6) is 0. The van der Waals surface area contributed by atoms with Gasteiger partial charge in [-0.25, -0.2) is 0 Å². The molecule has 6 nitrogen and oxygen atoms in total. The van der Waals surface area contributed by atoms with Gasteiger partial charge in [-0.05, 0) is 58.2 Å². The predicted molar refractivity (Wildman–Crippen MR) is 124 cm³/mol. The molecule has 6 heteroatoms. The van der Waals surface area contributed by atoms with E-state index in [0.29, 0.717) is 12.1 Å². The van der Waals surface area contributed by atoms with Crippen molar-refractivity contribution < 1.29 is 5.11 Å². The van der Waals surface area contributed by atoms with Crippen LogP contribution >= 0.6 is 0 Å². The lowest BCUT2D eigenvalue weighted by Crippen LogP contribution is -2.52. The Morgan fingerprint density at radius 3 is 2.68 bits per heavy atom. The van der Waals surface area contributed by atoms with E-state index < -0.39 is 0 Å². The predicted octanol–water partition coefficient (Wildman–Crippen LogP) is 3.68. The largest absolute Gasteiger partial charge is 0.394 e. The third kappa shape index (κ3) is 3.83. The standard InChI is InChI=1S/C25H33N5O/c1-19-16-24(22-6-3-4-7-23(22)26-19)28-12-9-25(10-13-28)8-5-11-29(25)17-21-18-30(14-15-31)27-20(21)2/h3-4,6-7,16,18,31H,5,8-15,17H2,1-2H3. The van der Waals surface area contributed by atoms with Crippen LogP contribution in [0.1, 0.15) is 42.6 Å². The van der Waals surface area contributed by atoms with Crippen molar-refractivity contribution >= 4 is 16.6 Å². The molecule has 0 amide bonds. The van der Waals surface area contributed by atoms with E-state index in [1.54, 1.807) is 0 Å². The number of anilines is 1. The minimum absolute atomic E-state index is 0.132. The summed E-state index contributed by atoms with van der Waals surface area (Å²) in [6.45, 7) is 9.20. The van der Waals surface area contributed by atoms with Gasteiger partial charge in [0.05, 0.1) is 24.4 Å². The van der Waals surface area contributed by atoms with Gasteiger partial charge in [-0.1, -0.05) is 18.2 Å². The average Bonchev–Trinajstić information content (AvgIpc) is 3.31. The highest BCUT2D eigenvalue weighted by Crippen LogP contribution is 2.41. The zero-order valence-corrected chi connectivity index (χ0v) is 18.7. The van der Waals surface area contributed by atoms with Gasteiger partial charge in [0.25, 0.3) is 0 Å². The molecule has 3 aromatic rings. The summed E-state index contributed by atoms with van der Waals surface area (Å²) in [6.07, 6.45) is 7.10. The van der Waals surface area contributed by atoms with Gasteiger partial charge in [-0.2, -0.15) is 5.10 Å². The van der Waals surface area contributed by atoms with Gasteiger partial charge >= 0.3 is 0 Å². The number of para-hydroxylation sites is 1. The summed E-state index contributed by atoms with van der Waals surface area (Å²) in [7, 11) is 0. The first-order valence-electron chi connectivity index (χ1n) is 11.6. The van der Waals surface area contributed by atoms with Crippen molar-refractivity contribution in [1.82, 2.24) is 19.7 Å². The zero-order chi connectivity index (χ0) is 21.4. The normalized spacial score (nSPS) is 19.0. The van der Waals surface area contributed by atoms with Crippen molar-refractivity contribution in [3.05, 3.63) is 53.5 Å². The second-order valence-electron chi connectivity index (χ2n) is 9.26. The van der Waals surface area contributed by atoms with Crippen LogP contribution in [-0.4, -0.2) is 56.6 Å². The molecule has 1 N–H and O–H groups in total. The van der Waals surface area contributed by atoms with Gasteiger partial charge in [-0.15, -0.1) is 0 Å². The minimum Gasteiger partial charge on any atom is -0.394 e. The molecule has 0 atom stereocenters. The number of hydrogen-bond donors (Lipinski definition) is 1. The number of rotatable bonds is 5. The van der Waals surface area contributed by atoms with Crippen molar-refractivity contribution in [2.75, 3.05) is 31.1 Å². The molecule has 5 rings (SSSR count). The molecule has 164 valence electrons. The highest BCUT2D eigenvalue weighted by Gasteiger charge is 2.43. The quantitative estimate of drug-likeness (QED) is 0.684. The monoisotopic (exact) mass is 419 g/mol. The molecular formula is C25H33N5O. The lowest BCUT2D eigenvalue weighted by Gasteiger charge is -2.46. The number of aromatic nitrogens is 3. The summed E-state index contributed by atoms with van der Waals surface area (Å²) < 4.78 is 1.88. The molecule has 0 aliphatic carbocycles. The topological polar surface area (TPSA) is 57.4 Å². The van der Waals surface area contributed by atoms with E-state index in [2.05, 4.69) is 65.3 Å². The van der Waals surface area contributed by atoms with E-state index in [1.807, 2.05) is 4.68 Å². The highest BCUT2D eigenvalue weighted by molar-refractivity contribution is 5.92. The van der Waals surface area contributed by atoms with Gasteiger partial charge in [0.2, 0.25) is 0 Å². The first kappa shape index (κ1) is 20.5. The van der Waals surface area contributed by atoms with Crippen molar-refractivity contribution in [2.45, 2.75) is 58.2 Å². The molecule has 2 fully saturated rings. The molecule has 0 bridgehead atoms. The van der Waals surface area contributed by atoms with Gasteiger partial charge in [0.1, 0.15) is 0 Å². The van der Waals surface area contributed by atoms with Crippen LogP contribution in [0, 0.1) is 13.8 Å². The van der Waals surface area contributed by atoms with Crippen LogP contribution in [0.5, 0.6) is 0 Å². The van der Waals surface area contributed by atoms with Gasteiger partial charge < -0.3 is 10.0 Å². The first-order chi connectivity index (χ1) is 15.1. The summed E-state index contributed by atoms with van der Waals surface area (Å²) in [4.78, 5) is 10.0. The van der Waals surface area contributed by atoms with Crippen LogP contribution in [0.3, 0.4) is 0 Å². The Morgan fingerprint density at radius 2 is 1.87 bits per heavy atom. The number of hydrogen-bond acceptors (Lipinski definition) is 5. The number of benzene rings is 1. The number of aryl methyl sites for hydroxylation is 2. The molecule has 2 saturated heterocycles. The van der Waals surface area contributed by atoms with Crippen molar-refractivity contribution in [3.63, 3.8) is 0 Å². The van der Waals surface area contributed by atoms with Crippen LogP contribution in [0.25, 0.3) is 10.9 Å². The minimum atomic E-state index is 0.132. The van der Waals surface area contributed by atoms with Crippen LogP contribution in [0.15, 0.2) is 36.5 Å². The fourth-order valence-electron chi connectivity index (χ4n) is 5.66. The molecule has 0 saturated carbocycles. The lowest BCUT2D eigenvalue weighted by atomic mass is 9.84. The first-order valence-corrected chi connectivity index (χ1v) is 11.6. The lowest BCUT2D eigenvalue weighted by molar-refractivity contribution is 0.0996. The molecule has 2 aliphatic rings. The molecule has 2 aromatic heterocycles. The smallest absolute Gasteiger partial charge is 0.0726 e. The molecule has 1 spiro atoms. The summed E-state index contributed by atoms with van der Waals surface area (Å²) in [5, 5.41) is 15.1. The van der Waals surface area contributed by atoms with E-state index in [0.717, 1.165) is 36.5 Å². The third-order valence-electron chi connectivity index (χ3n) is 7.34. The molecule has 2 aliphatic heterocycles. The summed E-state index contributed by atoms with van der Waals surface area (Å²) in [6, 6.07) is 10.8. The van der Waals surface area contributed by atoms with Crippen molar-refractivity contribution in [3.8, 4) is 0 Å². The van der Waals surface area contributed by atoms with Gasteiger partial charge in [0, 0.05) is 53.7 Å². The van der Waals surface area contributed by atoms with E-state index in [-0.39, 0.29) is 6.61 Å². The van der Waals surface area contributed by atoms with E-state index in [4.69, 9.17) is 4.98 Å². The highest BCUT2D eigenvalue weighted by atomic mass is 16.3.